The van der Waals surface area contributed by atoms with Crippen molar-refractivity contribution in [3.8, 4) is 0 Å². The summed E-state index contributed by atoms with van der Waals surface area (Å²) in [6.45, 7) is 4.57. The van der Waals surface area contributed by atoms with Crippen LogP contribution in [0.1, 0.15) is 25.8 Å². The molecule has 1 N–H and O–H groups in total. The molecule has 0 amide bonds. The van der Waals surface area contributed by atoms with E-state index < -0.39 is 0 Å². The van der Waals surface area contributed by atoms with Crippen LogP contribution in [-0.4, -0.2) is 9.97 Å². The van der Waals surface area contributed by atoms with Crippen molar-refractivity contribution in [2.45, 2.75) is 20.3 Å². The largest absolute Gasteiger partial charge is 0.346 e. The first-order valence-electron chi connectivity index (χ1n) is 6.00. The van der Waals surface area contributed by atoms with Crippen molar-refractivity contribution >= 4 is 28.2 Å². The molecular weight excluding hydrogens is 232 g/mol. The Morgan fingerprint density at radius 1 is 1.41 bits per heavy atom. The SMILES string of the molecule is CC1CC=C(c2c(Cl)cnc3[nH]ccc23)C1C. The molecule has 0 aromatic carbocycles. The van der Waals surface area contributed by atoms with Gasteiger partial charge < -0.3 is 4.98 Å². The minimum absolute atomic E-state index is 0.563. The van der Waals surface area contributed by atoms with Gasteiger partial charge in [-0.3, -0.25) is 0 Å². The van der Waals surface area contributed by atoms with Gasteiger partial charge in [0, 0.05) is 23.3 Å². The first-order valence-corrected chi connectivity index (χ1v) is 6.38. The number of rotatable bonds is 1. The fourth-order valence-corrected chi connectivity index (χ4v) is 2.88. The number of hydrogen-bond donors (Lipinski definition) is 1. The first kappa shape index (κ1) is 10.8. The standard InChI is InChI=1S/C14H15ClN2/c1-8-3-4-10(9(8)2)13-11-5-6-16-14(11)17-7-12(13)15/h4-9H,3H2,1-2H3,(H,16,17). The van der Waals surface area contributed by atoms with Crippen molar-refractivity contribution in [2.24, 2.45) is 11.8 Å². The molecule has 0 spiro atoms. The van der Waals surface area contributed by atoms with Gasteiger partial charge in [0.05, 0.1) is 5.02 Å². The number of hydrogen-bond acceptors (Lipinski definition) is 1. The molecule has 0 saturated carbocycles. The fourth-order valence-electron chi connectivity index (χ4n) is 2.62. The van der Waals surface area contributed by atoms with E-state index in [1.165, 1.54) is 5.57 Å². The van der Waals surface area contributed by atoms with E-state index in [2.05, 4.69) is 36.0 Å². The second-order valence-corrected chi connectivity index (χ2v) is 5.29. The van der Waals surface area contributed by atoms with Crippen LogP contribution in [0.2, 0.25) is 5.02 Å². The van der Waals surface area contributed by atoms with Crippen LogP contribution >= 0.6 is 11.6 Å². The van der Waals surface area contributed by atoms with Gasteiger partial charge in [-0.2, -0.15) is 0 Å². The minimum Gasteiger partial charge on any atom is -0.346 e. The Labute approximate surface area is 106 Å². The molecule has 2 aromatic rings. The van der Waals surface area contributed by atoms with Crippen molar-refractivity contribution in [3.05, 3.63) is 35.1 Å². The molecule has 1 aliphatic carbocycles. The van der Waals surface area contributed by atoms with Crippen LogP contribution in [0.5, 0.6) is 0 Å². The summed E-state index contributed by atoms with van der Waals surface area (Å²) in [4.78, 5) is 7.44. The Morgan fingerprint density at radius 2 is 2.24 bits per heavy atom. The number of nitrogens with zero attached hydrogens (tertiary/aromatic N) is 1. The van der Waals surface area contributed by atoms with E-state index in [0.717, 1.165) is 28.0 Å². The van der Waals surface area contributed by atoms with E-state index >= 15 is 0 Å². The Morgan fingerprint density at radius 3 is 2.94 bits per heavy atom. The van der Waals surface area contributed by atoms with E-state index in [-0.39, 0.29) is 0 Å². The lowest BCUT2D eigenvalue weighted by molar-refractivity contribution is 0.507. The summed E-state index contributed by atoms with van der Waals surface area (Å²) in [5.74, 6) is 1.26. The zero-order valence-electron chi connectivity index (χ0n) is 10.00. The number of aromatic nitrogens is 2. The fraction of sp³-hybridized carbons (Fsp3) is 0.357. The Balaban J connectivity index is 2.23. The molecule has 0 radical (unpaired) electrons. The maximum Gasteiger partial charge on any atom is 0.137 e. The number of pyridine rings is 1. The van der Waals surface area contributed by atoms with Gasteiger partial charge in [0.15, 0.2) is 0 Å². The quantitative estimate of drug-likeness (QED) is 0.800. The second kappa shape index (κ2) is 3.88. The molecule has 2 nitrogen and oxygen atoms in total. The maximum atomic E-state index is 6.34. The predicted molar refractivity (Wildman–Crippen MR) is 72.0 cm³/mol. The van der Waals surface area contributed by atoms with Gasteiger partial charge in [-0.15, -0.1) is 0 Å². The van der Waals surface area contributed by atoms with Crippen molar-refractivity contribution in [3.63, 3.8) is 0 Å². The summed E-state index contributed by atoms with van der Waals surface area (Å²) in [6, 6.07) is 2.06. The van der Waals surface area contributed by atoms with Crippen LogP contribution in [0.3, 0.4) is 0 Å². The molecule has 0 saturated heterocycles. The van der Waals surface area contributed by atoms with Crippen LogP contribution in [0.4, 0.5) is 0 Å². The number of halogens is 1. The molecule has 3 heteroatoms. The first-order chi connectivity index (χ1) is 8.18. The van der Waals surface area contributed by atoms with Gasteiger partial charge >= 0.3 is 0 Å². The molecule has 0 bridgehead atoms. The molecule has 0 aliphatic heterocycles. The molecule has 0 fully saturated rings. The normalized spacial score (nSPS) is 24.3. The molecule has 17 heavy (non-hydrogen) atoms. The Hall–Kier alpha value is -1.28. The van der Waals surface area contributed by atoms with Gasteiger partial charge in [0.25, 0.3) is 0 Å². The van der Waals surface area contributed by atoms with Crippen molar-refractivity contribution < 1.29 is 0 Å². The summed E-state index contributed by atoms with van der Waals surface area (Å²) >= 11 is 6.34. The third-order valence-electron chi connectivity index (χ3n) is 3.88. The highest BCUT2D eigenvalue weighted by molar-refractivity contribution is 6.33. The van der Waals surface area contributed by atoms with E-state index in [1.807, 2.05) is 6.20 Å². The Kier molecular flexibility index (Phi) is 2.48. The predicted octanol–water partition coefficient (Wildman–Crippen LogP) is 4.28. The second-order valence-electron chi connectivity index (χ2n) is 4.88. The molecule has 3 rings (SSSR count). The molecule has 88 valence electrons. The number of nitrogens with one attached hydrogen (secondary N) is 1. The highest BCUT2D eigenvalue weighted by Gasteiger charge is 2.26. The lowest BCUT2D eigenvalue weighted by Crippen LogP contribution is -2.03. The van der Waals surface area contributed by atoms with E-state index in [4.69, 9.17) is 11.6 Å². The number of H-pyrrole nitrogens is 1. The number of fused-ring (bicyclic) bond motifs is 1. The monoisotopic (exact) mass is 246 g/mol. The smallest absolute Gasteiger partial charge is 0.137 e. The number of allylic oxidation sites excluding steroid dienone is 2. The van der Waals surface area contributed by atoms with Gasteiger partial charge in [-0.05, 0) is 29.9 Å². The third kappa shape index (κ3) is 1.59. The molecular formula is C14H15ClN2. The zero-order valence-corrected chi connectivity index (χ0v) is 10.8. The summed E-state index contributed by atoms with van der Waals surface area (Å²) in [5, 5.41) is 1.88. The van der Waals surface area contributed by atoms with E-state index in [0.29, 0.717) is 11.8 Å². The van der Waals surface area contributed by atoms with Crippen LogP contribution < -0.4 is 0 Å². The van der Waals surface area contributed by atoms with Crippen LogP contribution in [0.25, 0.3) is 16.6 Å². The highest BCUT2D eigenvalue weighted by atomic mass is 35.5. The third-order valence-corrected chi connectivity index (χ3v) is 4.17. The summed E-state index contributed by atoms with van der Waals surface area (Å²) in [5.41, 5.74) is 3.45. The average Bonchev–Trinajstić information content (AvgIpc) is 2.89. The van der Waals surface area contributed by atoms with Gasteiger partial charge in [-0.1, -0.05) is 31.5 Å². The van der Waals surface area contributed by atoms with Gasteiger partial charge in [-0.25, -0.2) is 4.98 Å². The van der Waals surface area contributed by atoms with Crippen molar-refractivity contribution in [1.29, 1.82) is 0 Å². The summed E-state index contributed by atoms with van der Waals surface area (Å²) in [6.07, 6.45) is 7.12. The molecule has 2 heterocycles. The van der Waals surface area contributed by atoms with Crippen molar-refractivity contribution in [2.75, 3.05) is 0 Å². The lowest BCUT2D eigenvalue weighted by Gasteiger charge is -2.16. The van der Waals surface area contributed by atoms with Crippen molar-refractivity contribution in [1.82, 2.24) is 9.97 Å². The van der Waals surface area contributed by atoms with Gasteiger partial charge in [0.2, 0.25) is 0 Å². The lowest BCUT2D eigenvalue weighted by atomic mass is 9.90. The topological polar surface area (TPSA) is 28.7 Å². The molecule has 1 aliphatic rings. The molecule has 2 atom stereocenters. The average molecular weight is 247 g/mol. The van der Waals surface area contributed by atoms with Crippen LogP contribution in [0, 0.1) is 11.8 Å². The summed E-state index contributed by atoms with van der Waals surface area (Å²) < 4.78 is 0. The van der Waals surface area contributed by atoms with Gasteiger partial charge in [0.1, 0.15) is 5.65 Å². The molecule has 2 unspecified atom stereocenters. The van der Waals surface area contributed by atoms with Crippen LogP contribution in [0.15, 0.2) is 24.5 Å². The number of aromatic amines is 1. The van der Waals surface area contributed by atoms with E-state index in [1.54, 1.807) is 6.20 Å². The highest BCUT2D eigenvalue weighted by Crippen LogP contribution is 2.42. The van der Waals surface area contributed by atoms with E-state index in [9.17, 15) is 0 Å². The minimum atomic E-state index is 0.563. The Bertz CT molecular complexity index is 597. The maximum absolute atomic E-state index is 6.34. The van der Waals surface area contributed by atoms with Crippen LogP contribution in [-0.2, 0) is 0 Å². The molecule has 2 aromatic heterocycles. The summed E-state index contributed by atoms with van der Waals surface area (Å²) in [7, 11) is 0. The zero-order chi connectivity index (χ0) is 12.0.